The van der Waals surface area contributed by atoms with Crippen LogP contribution in [0.15, 0.2) is 0 Å². The maximum atomic E-state index is 11.9. The molecule has 0 rings (SSSR count). The number of esters is 2. The molecule has 0 amide bonds. The molecule has 0 spiro atoms. The van der Waals surface area contributed by atoms with Gasteiger partial charge in [0.15, 0.2) is 6.10 Å². The van der Waals surface area contributed by atoms with Crippen molar-refractivity contribution < 1.29 is 67.5 Å². The maximum Gasteiger partial charge on any atom is 1.00 e. The Morgan fingerprint density at radius 1 is 0.862 bits per heavy atom. The predicted octanol–water partition coefficient (Wildman–Crippen LogP) is 0.644. The molecule has 0 bridgehead atoms. The van der Waals surface area contributed by atoms with Gasteiger partial charge in [-0.15, -0.1) is 0 Å². The molecule has 29 heavy (non-hydrogen) atoms. The van der Waals surface area contributed by atoms with Crippen LogP contribution in [-0.4, -0.2) is 36.1 Å². The van der Waals surface area contributed by atoms with Gasteiger partial charge >= 0.3 is 41.5 Å². The quantitative estimate of drug-likeness (QED) is 0.141. The molecule has 0 radical (unpaired) electrons. The third-order valence-electron chi connectivity index (χ3n) is 4.12. The molecule has 0 heterocycles. The van der Waals surface area contributed by atoms with E-state index in [1.54, 1.807) is 0 Å². The van der Waals surface area contributed by atoms with Crippen LogP contribution in [0.2, 0.25) is 0 Å². The molecular formula is C19H36NaO8P. The van der Waals surface area contributed by atoms with Crippen LogP contribution in [0.4, 0.5) is 0 Å². The number of carbonyl (C=O) groups is 2. The van der Waals surface area contributed by atoms with Crippen LogP contribution in [0.3, 0.4) is 0 Å². The van der Waals surface area contributed by atoms with Crippen molar-refractivity contribution in [1.82, 2.24) is 0 Å². The standard InChI is InChI=1S/C19H37O8P.Na/c1-3-5-7-9-11-13-18(20)25-15-17(16-26-28(22,23)24)27-19(21)14-12-10-8-6-4-2;/h17H,3-16H2,1-2H3,(H2,22,23,24);/q;+1/p-1. The largest absolute Gasteiger partial charge is 1.00 e. The summed E-state index contributed by atoms with van der Waals surface area (Å²) in [6.45, 7) is 3.30. The van der Waals surface area contributed by atoms with E-state index in [-0.39, 0.29) is 49.0 Å². The van der Waals surface area contributed by atoms with Gasteiger partial charge in [-0.1, -0.05) is 65.2 Å². The van der Waals surface area contributed by atoms with Gasteiger partial charge in [0.05, 0.1) is 6.61 Å². The number of phosphoric ester groups is 1. The molecule has 0 aromatic rings. The first-order chi connectivity index (χ1) is 13.3. The molecule has 0 aromatic heterocycles. The monoisotopic (exact) mass is 446 g/mol. The van der Waals surface area contributed by atoms with Crippen LogP contribution in [0.25, 0.3) is 0 Å². The summed E-state index contributed by atoms with van der Waals surface area (Å²) >= 11 is 0. The van der Waals surface area contributed by atoms with Crippen molar-refractivity contribution in [3.63, 3.8) is 0 Å². The van der Waals surface area contributed by atoms with Gasteiger partial charge in [-0.3, -0.25) is 14.2 Å². The summed E-state index contributed by atoms with van der Waals surface area (Å²) in [4.78, 5) is 43.2. The molecule has 0 saturated carbocycles. The Bertz CT molecular complexity index is 469. The Morgan fingerprint density at radius 2 is 1.34 bits per heavy atom. The van der Waals surface area contributed by atoms with Gasteiger partial charge in [0, 0.05) is 12.8 Å². The number of phosphoric acid groups is 1. The topological polar surface area (TPSA) is 122 Å². The van der Waals surface area contributed by atoms with E-state index in [2.05, 4.69) is 18.4 Å². The molecule has 0 aromatic carbocycles. The van der Waals surface area contributed by atoms with Crippen molar-refractivity contribution in [1.29, 1.82) is 0 Å². The fraction of sp³-hybridized carbons (Fsp3) is 0.895. The van der Waals surface area contributed by atoms with Crippen molar-refractivity contribution in [2.24, 2.45) is 0 Å². The molecule has 0 aliphatic heterocycles. The Morgan fingerprint density at radius 3 is 1.83 bits per heavy atom. The van der Waals surface area contributed by atoms with Crippen LogP contribution < -0.4 is 34.5 Å². The Kier molecular flexibility index (Phi) is 21.5. The second kappa shape index (κ2) is 20.0. The van der Waals surface area contributed by atoms with Crippen molar-refractivity contribution >= 4 is 19.8 Å². The number of hydrogen-bond acceptors (Lipinski definition) is 7. The number of ether oxygens (including phenoxy) is 2. The zero-order valence-electron chi connectivity index (χ0n) is 18.2. The summed E-state index contributed by atoms with van der Waals surface area (Å²) in [7, 11) is -4.95. The predicted molar refractivity (Wildman–Crippen MR) is 103 cm³/mol. The summed E-state index contributed by atoms with van der Waals surface area (Å²) < 4.78 is 25.3. The second-order valence-corrected chi connectivity index (χ2v) is 8.08. The Balaban J connectivity index is 0. The molecule has 0 aliphatic carbocycles. The summed E-state index contributed by atoms with van der Waals surface area (Å²) in [5.74, 6) is -0.953. The van der Waals surface area contributed by atoms with E-state index in [4.69, 9.17) is 14.4 Å². The van der Waals surface area contributed by atoms with Crippen LogP contribution >= 0.6 is 7.82 Å². The number of hydrogen-bond donors (Lipinski definition) is 1. The van der Waals surface area contributed by atoms with E-state index in [0.717, 1.165) is 51.4 Å². The average molecular weight is 446 g/mol. The second-order valence-electron chi connectivity index (χ2n) is 6.89. The van der Waals surface area contributed by atoms with Crippen LogP contribution in [-0.2, 0) is 28.2 Å². The fourth-order valence-electron chi connectivity index (χ4n) is 2.54. The zero-order valence-corrected chi connectivity index (χ0v) is 21.1. The molecule has 8 nitrogen and oxygen atoms in total. The van der Waals surface area contributed by atoms with Gasteiger partial charge in [-0.25, -0.2) is 0 Å². The third kappa shape index (κ3) is 22.6. The van der Waals surface area contributed by atoms with E-state index in [0.29, 0.717) is 12.8 Å². The van der Waals surface area contributed by atoms with Gasteiger partial charge in [-0.05, 0) is 12.8 Å². The first-order valence-corrected chi connectivity index (χ1v) is 11.8. The van der Waals surface area contributed by atoms with Crippen molar-refractivity contribution in [3.05, 3.63) is 0 Å². The van der Waals surface area contributed by atoms with Crippen LogP contribution in [0, 0.1) is 0 Å². The average Bonchev–Trinajstić information content (AvgIpc) is 2.63. The molecule has 2 atom stereocenters. The summed E-state index contributed by atoms with van der Waals surface area (Å²) in [5.41, 5.74) is 0. The summed E-state index contributed by atoms with van der Waals surface area (Å²) in [6, 6.07) is 0. The Hall–Kier alpha value is 0.0500. The molecule has 2 unspecified atom stereocenters. The maximum absolute atomic E-state index is 11.9. The normalized spacial score (nSPS) is 13.8. The van der Waals surface area contributed by atoms with Crippen molar-refractivity contribution in [2.75, 3.05) is 13.2 Å². The molecule has 0 saturated heterocycles. The smallest absolute Gasteiger partial charge is 0.756 e. The van der Waals surface area contributed by atoms with Gasteiger partial charge in [0.1, 0.15) is 6.61 Å². The SMILES string of the molecule is CCCCCCCC(=O)OCC(COP(=O)([O-])O)OC(=O)CCCCCCC.[Na+]. The third-order valence-corrected chi connectivity index (χ3v) is 4.60. The van der Waals surface area contributed by atoms with Crippen LogP contribution in [0.5, 0.6) is 0 Å². The minimum atomic E-state index is -4.95. The van der Waals surface area contributed by atoms with E-state index < -0.39 is 32.5 Å². The van der Waals surface area contributed by atoms with E-state index >= 15 is 0 Å². The molecule has 0 fully saturated rings. The van der Waals surface area contributed by atoms with Gasteiger partial charge in [0.25, 0.3) is 7.82 Å². The minimum Gasteiger partial charge on any atom is -0.756 e. The Labute approximate surface area is 197 Å². The molecule has 10 heteroatoms. The van der Waals surface area contributed by atoms with Gasteiger partial charge in [-0.2, -0.15) is 0 Å². The molecule has 0 aliphatic rings. The van der Waals surface area contributed by atoms with Crippen molar-refractivity contribution in [3.8, 4) is 0 Å². The number of unbranched alkanes of at least 4 members (excludes halogenated alkanes) is 8. The van der Waals surface area contributed by atoms with Gasteiger partial charge < -0.3 is 23.8 Å². The number of carbonyl (C=O) groups excluding carboxylic acids is 2. The molecule has 166 valence electrons. The fourth-order valence-corrected chi connectivity index (χ4v) is 2.90. The zero-order chi connectivity index (χ0) is 21.3. The van der Waals surface area contributed by atoms with E-state index in [9.17, 15) is 19.0 Å². The van der Waals surface area contributed by atoms with E-state index in [1.165, 1.54) is 0 Å². The first-order valence-electron chi connectivity index (χ1n) is 10.3. The molecular weight excluding hydrogens is 410 g/mol. The van der Waals surface area contributed by atoms with Gasteiger partial charge in [0.2, 0.25) is 0 Å². The summed E-state index contributed by atoms with van der Waals surface area (Å²) in [6.07, 6.45) is 9.14. The number of rotatable bonds is 18. The van der Waals surface area contributed by atoms with E-state index in [1.807, 2.05) is 0 Å². The van der Waals surface area contributed by atoms with Crippen molar-refractivity contribution in [2.45, 2.75) is 97.0 Å². The summed E-state index contributed by atoms with van der Waals surface area (Å²) in [5, 5.41) is 0. The van der Waals surface area contributed by atoms with Crippen LogP contribution in [0.1, 0.15) is 90.9 Å². The molecule has 1 N–H and O–H groups in total. The first kappa shape index (κ1) is 31.2. The minimum absolute atomic E-state index is 0.